The predicted molar refractivity (Wildman–Crippen MR) is 63.6 cm³/mol. The fraction of sp³-hybridized carbons (Fsp3) is 0.444. The van der Waals surface area contributed by atoms with Crippen molar-refractivity contribution in [3.63, 3.8) is 0 Å². The number of sulfonamides is 1. The summed E-state index contributed by atoms with van der Waals surface area (Å²) in [6.07, 6.45) is 0. The Bertz CT molecular complexity index is 577. The number of aryl methyl sites for hydroxylation is 1. The van der Waals surface area contributed by atoms with Crippen molar-refractivity contribution in [3.05, 3.63) is 16.5 Å². The third-order valence-corrected chi connectivity index (χ3v) is 4.06. The Hall–Kier alpha value is -1.29. The lowest BCUT2D eigenvalue weighted by molar-refractivity contribution is -0.0429. The molecule has 10 heteroatoms. The maximum Gasteiger partial charge on any atom is 0.516 e. The predicted octanol–water partition coefficient (Wildman–Crippen LogP) is 2.49. The van der Waals surface area contributed by atoms with Crippen LogP contribution in [0.4, 0.5) is 18.2 Å². The van der Waals surface area contributed by atoms with Gasteiger partial charge in [0.2, 0.25) is 0 Å². The minimum atomic E-state index is -5.56. The van der Waals surface area contributed by atoms with E-state index in [-0.39, 0.29) is 12.2 Å². The zero-order valence-electron chi connectivity index (χ0n) is 9.87. The average molecular weight is 317 g/mol. The van der Waals surface area contributed by atoms with Crippen LogP contribution in [0.1, 0.15) is 22.2 Å². The van der Waals surface area contributed by atoms with Gasteiger partial charge in [0.25, 0.3) is 0 Å². The van der Waals surface area contributed by atoms with Crippen molar-refractivity contribution in [2.45, 2.75) is 19.4 Å². The molecule has 108 valence electrons. The Morgan fingerprint density at radius 1 is 1.47 bits per heavy atom. The lowest BCUT2D eigenvalue weighted by atomic mass is 10.3. The Balaban J connectivity index is 3.13. The Labute approximate surface area is 111 Å². The van der Waals surface area contributed by atoms with Crippen LogP contribution in [-0.2, 0) is 14.8 Å². The second-order valence-electron chi connectivity index (χ2n) is 3.37. The molecule has 0 aromatic carbocycles. The number of alkyl halides is 3. The van der Waals surface area contributed by atoms with Crippen LogP contribution >= 0.6 is 11.3 Å². The highest BCUT2D eigenvalue weighted by Gasteiger charge is 2.46. The number of hydrogen-bond acceptors (Lipinski definition) is 5. The Morgan fingerprint density at radius 3 is 2.53 bits per heavy atom. The number of carbonyl (C=O) groups excluding carboxylic acids is 1. The van der Waals surface area contributed by atoms with Gasteiger partial charge < -0.3 is 4.74 Å². The van der Waals surface area contributed by atoms with Crippen molar-refractivity contribution < 1.29 is 31.1 Å². The molecule has 0 fully saturated rings. The molecule has 0 saturated heterocycles. The number of anilines is 1. The summed E-state index contributed by atoms with van der Waals surface area (Å²) in [6.45, 7) is 3.08. The quantitative estimate of drug-likeness (QED) is 0.866. The molecule has 1 N–H and O–H groups in total. The van der Waals surface area contributed by atoms with E-state index < -0.39 is 26.5 Å². The van der Waals surface area contributed by atoms with E-state index in [2.05, 4.69) is 4.74 Å². The first kappa shape index (κ1) is 15.8. The molecule has 0 unspecified atom stereocenters. The summed E-state index contributed by atoms with van der Waals surface area (Å²) in [7, 11) is -5.56. The normalized spacial score (nSPS) is 12.3. The molecule has 0 atom stereocenters. The summed E-state index contributed by atoms with van der Waals surface area (Å²) in [5.41, 5.74) is -5.69. The summed E-state index contributed by atoms with van der Waals surface area (Å²) >= 11 is 0.720. The van der Waals surface area contributed by atoms with Crippen LogP contribution < -0.4 is 4.72 Å². The average Bonchev–Trinajstić information content (AvgIpc) is 2.57. The van der Waals surface area contributed by atoms with Crippen molar-refractivity contribution >= 4 is 32.3 Å². The van der Waals surface area contributed by atoms with E-state index in [9.17, 15) is 26.4 Å². The van der Waals surface area contributed by atoms with E-state index in [1.807, 2.05) is 0 Å². The van der Waals surface area contributed by atoms with Gasteiger partial charge in [0.15, 0.2) is 0 Å². The lowest BCUT2D eigenvalue weighted by Gasteiger charge is -2.10. The molecular formula is C9H10F3NO4S2. The number of thiophene rings is 1. The molecule has 1 rings (SSSR count). The second kappa shape index (κ2) is 5.37. The molecule has 0 amide bonds. The van der Waals surface area contributed by atoms with Gasteiger partial charge in [-0.1, -0.05) is 0 Å². The van der Waals surface area contributed by atoms with Crippen LogP contribution in [0.15, 0.2) is 6.07 Å². The number of rotatable bonds is 4. The van der Waals surface area contributed by atoms with Gasteiger partial charge in [0.1, 0.15) is 5.00 Å². The first-order chi connectivity index (χ1) is 8.58. The monoisotopic (exact) mass is 317 g/mol. The summed E-state index contributed by atoms with van der Waals surface area (Å²) in [5.74, 6) is -0.883. The molecule has 19 heavy (non-hydrogen) atoms. The van der Waals surface area contributed by atoms with Crippen molar-refractivity contribution in [3.8, 4) is 0 Å². The number of esters is 1. The van der Waals surface area contributed by atoms with Gasteiger partial charge in [-0.2, -0.15) is 21.6 Å². The molecule has 0 aliphatic carbocycles. The van der Waals surface area contributed by atoms with Crippen molar-refractivity contribution in [2.75, 3.05) is 11.3 Å². The number of halogens is 3. The van der Waals surface area contributed by atoms with Gasteiger partial charge in [0.05, 0.1) is 12.2 Å². The summed E-state index contributed by atoms with van der Waals surface area (Å²) in [6, 6.07) is 1.26. The Morgan fingerprint density at radius 2 is 2.05 bits per heavy atom. The van der Waals surface area contributed by atoms with Gasteiger partial charge in [0, 0.05) is 4.88 Å². The van der Waals surface area contributed by atoms with Crippen molar-refractivity contribution in [1.29, 1.82) is 0 Å². The molecule has 1 heterocycles. The number of carbonyl (C=O) groups is 1. The topological polar surface area (TPSA) is 72.5 Å². The van der Waals surface area contributed by atoms with Crippen LogP contribution in [0.25, 0.3) is 0 Å². The fourth-order valence-electron chi connectivity index (χ4n) is 1.13. The standard InChI is InChI=1S/C9H10F3NO4S2/c1-3-17-8(14)6-4-5(2)18-7(6)13-19(15,16)9(10,11)12/h4,13H,3H2,1-2H3. The maximum absolute atomic E-state index is 12.2. The zero-order chi connectivity index (χ0) is 14.8. The highest BCUT2D eigenvalue weighted by Crippen LogP contribution is 2.32. The van der Waals surface area contributed by atoms with Gasteiger partial charge >= 0.3 is 21.5 Å². The molecular weight excluding hydrogens is 307 g/mol. The number of ether oxygens (including phenoxy) is 1. The number of hydrogen-bond donors (Lipinski definition) is 1. The van der Waals surface area contributed by atoms with E-state index in [0.717, 1.165) is 11.3 Å². The van der Waals surface area contributed by atoms with Crippen molar-refractivity contribution in [1.82, 2.24) is 0 Å². The maximum atomic E-state index is 12.2. The fourth-order valence-corrected chi connectivity index (χ4v) is 2.85. The summed E-state index contributed by atoms with van der Waals surface area (Å²) in [5, 5.41) is -0.409. The molecule has 1 aromatic rings. The van der Waals surface area contributed by atoms with E-state index in [1.54, 1.807) is 0 Å². The minimum Gasteiger partial charge on any atom is -0.462 e. The SMILES string of the molecule is CCOC(=O)c1cc(C)sc1NS(=O)(=O)C(F)(F)F. The minimum absolute atomic E-state index is 0.0270. The Kier molecular flexibility index (Phi) is 4.46. The van der Waals surface area contributed by atoms with Crippen molar-refractivity contribution in [2.24, 2.45) is 0 Å². The molecule has 0 spiro atoms. The van der Waals surface area contributed by atoms with Crippen LogP contribution in [-0.4, -0.2) is 26.5 Å². The van der Waals surface area contributed by atoms with Gasteiger partial charge in [-0.3, -0.25) is 4.72 Å². The van der Waals surface area contributed by atoms with Crippen LogP contribution in [0.2, 0.25) is 0 Å². The van der Waals surface area contributed by atoms with Crippen LogP contribution in [0.3, 0.4) is 0 Å². The van der Waals surface area contributed by atoms with Gasteiger partial charge in [-0.15, -0.1) is 11.3 Å². The van der Waals surface area contributed by atoms with Gasteiger partial charge in [-0.05, 0) is 19.9 Å². The lowest BCUT2D eigenvalue weighted by Crippen LogP contribution is -2.30. The van der Waals surface area contributed by atoms with E-state index in [0.29, 0.717) is 4.88 Å². The molecule has 0 aliphatic rings. The smallest absolute Gasteiger partial charge is 0.462 e. The van der Waals surface area contributed by atoms with E-state index >= 15 is 0 Å². The first-order valence-corrected chi connectivity index (χ1v) is 7.25. The number of nitrogens with one attached hydrogen (secondary N) is 1. The zero-order valence-corrected chi connectivity index (χ0v) is 11.5. The first-order valence-electron chi connectivity index (χ1n) is 4.95. The second-order valence-corrected chi connectivity index (χ2v) is 6.30. The van der Waals surface area contributed by atoms with Gasteiger partial charge in [-0.25, -0.2) is 4.79 Å². The van der Waals surface area contributed by atoms with E-state index in [1.165, 1.54) is 24.6 Å². The molecule has 0 bridgehead atoms. The molecule has 5 nitrogen and oxygen atoms in total. The third-order valence-electron chi connectivity index (χ3n) is 1.88. The van der Waals surface area contributed by atoms with E-state index in [4.69, 9.17) is 0 Å². The summed E-state index contributed by atoms with van der Waals surface area (Å²) in [4.78, 5) is 12.0. The van der Waals surface area contributed by atoms with Crippen LogP contribution in [0.5, 0.6) is 0 Å². The highest BCUT2D eigenvalue weighted by atomic mass is 32.2. The molecule has 0 aliphatic heterocycles. The highest BCUT2D eigenvalue weighted by molar-refractivity contribution is 7.93. The molecule has 0 saturated carbocycles. The molecule has 0 radical (unpaired) electrons. The third kappa shape index (κ3) is 3.60. The van der Waals surface area contributed by atoms with Crippen LogP contribution in [0, 0.1) is 6.92 Å². The summed E-state index contributed by atoms with van der Waals surface area (Å²) < 4.78 is 64.7. The molecule has 1 aromatic heterocycles. The largest absolute Gasteiger partial charge is 0.516 e.